The zero-order valence-corrected chi connectivity index (χ0v) is 10.2. The van der Waals surface area contributed by atoms with Crippen LogP contribution in [0.3, 0.4) is 0 Å². The van der Waals surface area contributed by atoms with Crippen molar-refractivity contribution < 1.29 is 10.2 Å². The molecule has 2 N–H and O–H groups in total. The standard InChI is InChI=1S/C14H21NO2/c16-10-4-3-8-15-9-7-12-5-1-2-6-13(12)14(15)11-17/h1-2,5-6,14,16-17H,3-4,7-11H2. The molecule has 1 atom stereocenters. The highest BCUT2D eigenvalue weighted by molar-refractivity contribution is 5.32. The monoisotopic (exact) mass is 235 g/mol. The Kier molecular flexibility index (Phi) is 4.54. The molecule has 1 unspecified atom stereocenters. The molecule has 2 rings (SSSR count). The molecule has 0 amide bonds. The van der Waals surface area contributed by atoms with Gasteiger partial charge < -0.3 is 10.2 Å². The van der Waals surface area contributed by atoms with Gasteiger partial charge in [0.15, 0.2) is 0 Å². The van der Waals surface area contributed by atoms with Crippen LogP contribution < -0.4 is 0 Å². The van der Waals surface area contributed by atoms with Crippen molar-refractivity contribution in [3.63, 3.8) is 0 Å². The van der Waals surface area contributed by atoms with Crippen LogP contribution in [0, 0.1) is 0 Å². The normalized spacial score (nSPS) is 20.2. The highest BCUT2D eigenvalue weighted by Gasteiger charge is 2.25. The summed E-state index contributed by atoms with van der Waals surface area (Å²) >= 11 is 0. The van der Waals surface area contributed by atoms with E-state index in [1.807, 2.05) is 6.07 Å². The third kappa shape index (κ3) is 2.86. The van der Waals surface area contributed by atoms with Crippen LogP contribution in [0.15, 0.2) is 24.3 Å². The van der Waals surface area contributed by atoms with Crippen LogP contribution in [0.4, 0.5) is 0 Å². The second-order valence-corrected chi connectivity index (χ2v) is 4.61. The molecule has 1 heterocycles. The van der Waals surface area contributed by atoms with E-state index in [1.165, 1.54) is 11.1 Å². The summed E-state index contributed by atoms with van der Waals surface area (Å²) in [6.07, 6.45) is 2.90. The van der Waals surface area contributed by atoms with Crippen molar-refractivity contribution in [1.82, 2.24) is 4.90 Å². The number of fused-ring (bicyclic) bond motifs is 1. The third-order valence-electron chi connectivity index (χ3n) is 3.55. The fourth-order valence-corrected chi connectivity index (χ4v) is 2.61. The van der Waals surface area contributed by atoms with Gasteiger partial charge in [0.05, 0.1) is 12.6 Å². The Morgan fingerprint density at radius 2 is 2.00 bits per heavy atom. The highest BCUT2D eigenvalue weighted by atomic mass is 16.3. The second kappa shape index (κ2) is 6.15. The van der Waals surface area contributed by atoms with Gasteiger partial charge in [-0.1, -0.05) is 24.3 Å². The van der Waals surface area contributed by atoms with Crippen LogP contribution >= 0.6 is 0 Å². The summed E-state index contributed by atoms with van der Waals surface area (Å²) < 4.78 is 0. The number of rotatable bonds is 5. The number of hydrogen-bond donors (Lipinski definition) is 2. The van der Waals surface area contributed by atoms with E-state index in [1.54, 1.807) is 0 Å². The van der Waals surface area contributed by atoms with Crippen molar-refractivity contribution in [1.29, 1.82) is 0 Å². The fourth-order valence-electron chi connectivity index (χ4n) is 2.61. The molecule has 1 aliphatic rings. The maximum Gasteiger partial charge on any atom is 0.0628 e. The average Bonchev–Trinajstić information content (AvgIpc) is 2.38. The molecule has 17 heavy (non-hydrogen) atoms. The first-order chi connectivity index (χ1) is 8.36. The first kappa shape index (κ1) is 12.6. The molecule has 0 bridgehead atoms. The van der Waals surface area contributed by atoms with Gasteiger partial charge in [-0.3, -0.25) is 4.90 Å². The summed E-state index contributed by atoms with van der Waals surface area (Å²) in [6, 6.07) is 8.52. The largest absolute Gasteiger partial charge is 0.396 e. The van der Waals surface area contributed by atoms with Crippen LogP contribution in [0.25, 0.3) is 0 Å². The minimum absolute atomic E-state index is 0.138. The Morgan fingerprint density at radius 3 is 2.76 bits per heavy atom. The van der Waals surface area contributed by atoms with E-state index >= 15 is 0 Å². The van der Waals surface area contributed by atoms with E-state index in [-0.39, 0.29) is 19.3 Å². The van der Waals surface area contributed by atoms with Gasteiger partial charge in [0.25, 0.3) is 0 Å². The Labute approximate surface area is 103 Å². The Hall–Kier alpha value is -0.900. The summed E-state index contributed by atoms with van der Waals surface area (Å²) in [5, 5.41) is 18.4. The summed E-state index contributed by atoms with van der Waals surface area (Å²) in [4.78, 5) is 2.33. The Morgan fingerprint density at radius 1 is 1.18 bits per heavy atom. The summed E-state index contributed by atoms with van der Waals surface area (Å²) in [5.74, 6) is 0. The van der Waals surface area contributed by atoms with Gasteiger partial charge in [-0.05, 0) is 36.9 Å². The molecule has 1 aliphatic heterocycles. The molecule has 0 saturated carbocycles. The molecule has 0 aliphatic carbocycles. The molecule has 94 valence electrons. The maximum atomic E-state index is 9.57. The van der Waals surface area contributed by atoms with Crippen LogP contribution in [0.1, 0.15) is 30.0 Å². The molecular weight excluding hydrogens is 214 g/mol. The third-order valence-corrected chi connectivity index (χ3v) is 3.55. The van der Waals surface area contributed by atoms with Gasteiger partial charge in [0, 0.05) is 13.2 Å². The van der Waals surface area contributed by atoms with Crippen molar-refractivity contribution in [3.8, 4) is 0 Å². The quantitative estimate of drug-likeness (QED) is 0.757. The number of hydrogen-bond acceptors (Lipinski definition) is 3. The van der Waals surface area contributed by atoms with E-state index in [4.69, 9.17) is 5.11 Å². The van der Waals surface area contributed by atoms with Crippen LogP contribution in [0.5, 0.6) is 0 Å². The van der Waals surface area contributed by atoms with Gasteiger partial charge in [-0.15, -0.1) is 0 Å². The van der Waals surface area contributed by atoms with Gasteiger partial charge in [-0.25, -0.2) is 0 Å². The number of aliphatic hydroxyl groups excluding tert-OH is 2. The van der Waals surface area contributed by atoms with Gasteiger partial charge in [-0.2, -0.15) is 0 Å². The molecule has 3 nitrogen and oxygen atoms in total. The minimum Gasteiger partial charge on any atom is -0.396 e. The van der Waals surface area contributed by atoms with Crippen LogP contribution in [-0.2, 0) is 6.42 Å². The van der Waals surface area contributed by atoms with Crippen molar-refractivity contribution in [2.24, 2.45) is 0 Å². The van der Waals surface area contributed by atoms with Crippen molar-refractivity contribution in [2.45, 2.75) is 25.3 Å². The fraction of sp³-hybridized carbons (Fsp3) is 0.571. The molecule has 3 heteroatoms. The lowest BCUT2D eigenvalue weighted by atomic mass is 9.93. The predicted molar refractivity (Wildman–Crippen MR) is 67.9 cm³/mol. The Balaban J connectivity index is 2.06. The van der Waals surface area contributed by atoms with Crippen LogP contribution in [0.2, 0.25) is 0 Å². The molecule has 0 spiro atoms. The molecular formula is C14H21NO2. The lowest BCUT2D eigenvalue weighted by molar-refractivity contribution is 0.110. The number of unbranched alkanes of at least 4 members (excludes halogenated alkanes) is 1. The van der Waals surface area contributed by atoms with Gasteiger partial charge >= 0.3 is 0 Å². The first-order valence-corrected chi connectivity index (χ1v) is 6.40. The lowest BCUT2D eigenvalue weighted by Gasteiger charge is -2.36. The van der Waals surface area contributed by atoms with E-state index in [0.717, 1.165) is 32.4 Å². The number of nitrogens with zero attached hydrogens (tertiary/aromatic N) is 1. The molecule has 1 aromatic carbocycles. The minimum atomic E-state index is 0.138. The van der Waals surface area contributed by atoms with Gasteiger partial charge in [0.2, 0.25) is 0 Å². The summed E-state index contributed by atoms with van der Waals surface area (Å²) in [5.41, 5.74) is 2.63. The predicted octanol–water partition coefficient (Wildman–Crippen LogP) is 1.35. The lowest BCUT2D eigenvalue weighted by Crippen LogP contribution is -2.38. The molecule has 0 aromatic heterocycles. The van der Waals surface area contributed by atoms with E-state index in [9.17, 15) is 5.11 Å². The number of aliphatic hydroxyl groups is 2. The molecule has 0 radical (unpaired) electrons. The molecule has 0 fully saturated rings. The van der Waals surface area contributed by atoms with E-state index < -0.39 is 0 Å². The number of benzene rings is 1. The van der Waals surface area contributed by atoms with Gasteiger partial charge in [0.1, 0.15) is 0 Å². The Bertz CT molecular complexity index is 354. The smallest absolute Gasteiger partial charge is 0.0628 e. The van der Waals surface area contributed by atoms with Crippen LogP contribution in [-0.4, -0.2) is 41.4 Å². The average molecular weight is 235 g/mol. The summed E-state index contributed by atoms with van der Waals surface area (Å²) in [7, 11) is 0. The molecule has 1 aromatic rings. The topological polar surface area (TPSA) is 43.7 Å². The zero-order valence-electron chi connectivity index (χ0n) is 10.2. The zero-order chi connectivity index (χ0) is 12.1. The van der Waals surface area contributed by atoms with Crippen molar-refractivity contribution in [3.05, 3.63) is 35.4 Å². The maximum absolute atomic E-state index is 9.57. The van der Waals surface area contributed by atoms with Crippen molar-refractivity contribution in [2.75, 3.05) is 26.3 Å². The van der Waals surface area contributed by atoms with Crippen molar-refractivity contribution >= 4 is 0 Å². The second-order valence-electron chi connectivity index (χ2n) is 4.61. The highest BCUT2D eigenvalue weighted by Crippen LogP contribution is 2.29. The van der Waals surface area contributed by atoms with E-state index in [0.29, 0.717) is 0 Å². The first-order valence-electron chi connectivity index (χ1n) is 6.40. The molecule has 0 saturated heterocycles. The SMILES string of the molecule is OCCCCN1CCc2ccccc2C1CO. The summed E-state index contributed by atoms with van der Waals surface area (Å²) in [6.45, 7) is 2.40. The van der Waals surface area contributed by atoms with E-state index in [2.05, 4.69) is 23.1 Å².